The molecule has 6 heteroatoms. The molecule has 0 saturated heterocycles. The number of para-hydroxylation sites is 1. The molecule has 1 aliphatic rings. The van der Waals surface area contributed by atoms with Gasteiger partial charge in [0, 0.05) is 36.4 Å². The predicted molar refractivity (Wildman–Crippen MR) is 128 cm³/mol. The average molecular weight is 452 g/mol. The number of benzene rings is 3. The van der Waals surface area contributed by atoms with Crippen LogP contribution in [0.5, 0.6) is 0 Å². The van der Waals surface area contributed by atoms with E-state index in [4.69, 9.17) is 11.6 Å². The summed E-state index contributed by atoms with van der Waals surface area (Å²) >= 11 is 6.23. The van der Waals surface area contributed by atoms with Gasteiger partial charge in [-0.1, -0.05) is 48.0 Å². The number of nitrogens with zero attached hydrogens (tertiary/aromatic N) is 1. The summed E-state index contributed by atoms with van der Waals surface area (Å²) in [4.78, 5) is 14.6. The summed E-state index contributed by atoms with van der Waals surface area (Å²) in [6, 6.07) is 22.3. The Bertz CT molecular complexity index is 1040. The Kier molecular flexibility index (Phi) is 7.40. The standard InChI is InChI=1S/C26H27ClFN3O/c27-22-10-9-20-18-31(14-4-13-29-26(32)30-24-5-2-1-3-6-24)25(17-21(20)16-22)15-19-7-11-23(28)12-8-19/h1-3,5-12,16,25H,4,13-15,17-18H2,(H2,29,30,32). The molecule has 1 aliphatic heterocycles. The number of hydrogen-bond donors (Lipinski definition) is 2. The zero-order valence-corrected chi connectivity index (χ0v) is 18.6. The number of urea groups is 1. The van der Waals surface area contributed by atoms with Crippen molar-refractivity contribution in [3.05, 3.63) is 100 Å². The number of hydrogen-bond acceptors (Lipinski definition) is 2. The number of rotatable bonds is 7. The smallest absolute Gasteiger partial charge is 0.319 e. The van der Waals surface area contributed by atoms with E-state index in [1.54, 1.807) is 0 Å². The van der Waals surface area contributed by atoms with Gasteiger partial charge in [0.1, 0.15) is 5.82 Å². The second-order valence-corrected chi connectivity index (χ2v) is 8.61. The summed E-state index contributed by atoms with van der Waals surface area (Å²) < 4.78 is 13.3. The first kappa shape index (κ1) is 22.3. The molecule has 0 aromatic heterocycles. The Labute approximate surface area is 193 Å². The van der Waals surface area contributed by atoms with Gasteiger partial charge in [0.25, 0.3) is 0 Å². The van der Waals surface area contributed by atoms with E-state index < -0.39 is 0 Å². The lowest BCUT2D eigenvalue weighted by Gasteiger charge is -2.37. The van der Waals surface area contributed by atoms with Gasteiger partial charge in [-0.05, 0) is 72.4 Å². The molecule has 0 bridgehead atoms. The summed E-state index contributed by atoms with van der Waals surface area (Å²) in [5, 5.41) is 6.53. The maximum absolute atomic E-state index is 13.3. The summed E-state index contributed by atoms with van der Waals surface area (Å²) in [6.45, 7) is 2.29. The maximum Gasteiger partial charge on any atom is 0.319 e. The molecule has 4 nitrogen and oxygen atoms in total. The van der Waals surface area contributed by atoms with Gasteiger partial charge in [-0.2, -0.15) is 0 Å². The van der Waals surface area contributed by atoms with Gasteiger partial charge in [-0.25, -0.2) is 9.18 Å². The van der Waals surface area contributed by atoms with Gasteiger partial charge < -0.3 is 10.6 Å². The average Bonchev–Trinajstić information content (AvgIpc) is 2.79. The first-order valence-electron chi connectivity index (χ1n) is 10.9. The normalized spacial score (nSPS) is 15.8. The van der Waals surface area contributed by atoms with Crippen LogP contribution in [-0.2, 0) is 19.4 Å². The van der Waals surface area contributed by atoms with Crippen molar-refractivity contribution in [2.24, 2.45) is 0 Å². The lowest BCUT2D eigenvalue weighted by Crippen LogP contribution is -2.43. The number of nitrogens with one attached hydrogen (secondary N) is 2. The van der Waals surface area contributed by atoms with E-state index in [0.717, 1.165) is 48.6 Å². The molecule has 0 saturated carbocycles. The molecule has 3 aromatic rings. The molecule has 1 unspecified atom stereocenters. The summed E-state index contributed by atoms with van der Waals surface area (Å²) in [7, 11) is 0. The fraction of sp³-hybridized carbons (Fsp3) is 0.269. The highest BCUT2D eigenvalue weighted by Gasteiger charge is 2.26. The maximum atomic E-state index is 13.3. The van der Waals surface area contributed by atoms with Gasteiger partial charge in [-0.15, -0.1) is 0 Å². The van der Waals surface area contributed by atoms with Crippen LogP contribution in [-0.4, -0.2) is 30.1 Å². The van der Waals surface area contributed by atoms with Crippen LogP contribution in [0.25, 0.3) is 0 Å². The third kappa shape index (κ3) is 6.09. The van der Waals surface area contributed by atoms with Gasteiger partial charge in [0.15, 0.2) is 0 Å². The third-order valence-electron chi connectivity index (χ3n) is 5.84. The fourth-order valence-electron chi connectivity index (χ4n) is 4.21. The SMILES string of the molecule is O=C(NCCCN1Cc2ccc(Cl)cc2CC1Cc1ccc(F)cc1)Nc1ccccc1. The summed E-state index contributed by atoms with van der Waals surface area (Å²) in [6.07, 6.45) is 2.58. The van der Waals surface area contributed by atoms with E-state index in [0.29, 0.717) is 12.6 Å². The van der Waals surface area contributed by atoms with Crippen LogP contribution in [0.15, 0.2) is 72.8 Å². The fourth-order valence-corrected chi connectivity index (χ4v) is 4.40. The van der Waals surface area contributed by atoms with Gasteiger partial charge in [0.2, 0.25) is 0 Å². The largest absolute Gasteiger partial charge is 0.338 e. The molecule has 0 radical (unpaired) electrons. The van der Waals surface area contributed by atoms with E-state index >= 15 is 0 Å². The van der Waals surface area contributed by atoms with Crippen molar-refractivity contribution in [2.75, 3.05) is 18.4 Å². The monoisotopic (exact) mass is 451 g/mol. The minimum Gasteiger partial charge on any atom is -0.338 e. The molecule has 3 aromatic carbocycles. The molecule has 1 atom stereocenters. The van der Waals surface area contributed by atoms with Crippen molar-refractivity contribution in [3.8, 4) is 0 Å². The second kappa shape index (κ2) is 10.6. The molecular weight excluding hydrogens is 425 g/mol. The van der Waals surface area contributed by atoms with Crippen LogP contribution >= 0.6 is 11.6 Å². The highest BCUT2D eigenvalue weighted by molar-refractivity contribution is 6.30. The second-order valence-electron chi connectivity index (χ2n) is 8.17. The van der Waals surface area contributed by atoms with Crippen LogP contribution in [0.3, 0.4) is 0 Å². The number of carbonyl (C=O) groups is 1. The Morgan fingerprint density at radius 3 is 2.59 bits per heavy atom. The van der Waals surface area contributed by atoms with Crippen molar-refractivity contribution in [1.29, 1.82) is 0 Å². The summed E-state index contributed by atoms with van der Waals surface area (Å²) in [5.74, 6) is -0.216. The Hall–Kier alpha value is -2.89. The van der Waals surface area contributed by atoms with Crippen molar-refractivity contribution in [3.63, 3.8) is 0 Å². The Balaban J connectivity index is 1.35. The highest BCUT2D eigenvalue weighted by atomic mass is 35.5. The van der Waals surface area contributed by atoms with Crippen LogP contribution in [0, 0.1) is 5.82 Å². The molecule has 166 valence electrons. The molecule has 2 amide bonds. The van der Waals surface area contributed by atoms with E-state index in [9.17, 15) is 9.18 Å². The van der Waals surface area contributed by atoms with Crippen LogP contribution in [0.1, 0.15) is 23.1 Å². The van der Waals surface area contributed by atoms with Crippen LogP contribution in [0.4, 0.5) is 14.9 Å². The summed E-state index contributed by atoms with van der Waals surface area (Å²) in [5.41, 5.74) is 4.46. The van der Waals surface area contributed by atoms with E-state index in [1.165, 1.54) is 23.3 Å². The zero-order chi connectivity index (χ0) is 22.3. The third-order valence-corrected chi connectivity index (χ3v) is 6.07. The molecule has 4 rings (SSSR count). The van der Waals surface area contributed by atoms with Gasteiger partial charge >= 0.3 is 6.03 Å². The highest BCUT2D eigenvalue weighted by Crippen LogP contribution is 2.28. The number of carbonyl (C=O) groups excluding carboxylic acids is 1. The van der Waals surface area contributed by atoms with E-state index in [2.05, 4.69) is 27.7 Å². The molecular formula is C26H27ClFN3O. The first-order chi connectivity index (χ1) is 15.6. The predicted octanol–water partition coefficient (Wildman–Crippen LogP) is 5.66. The molecule has 32 heavy (non-hydrogen) atoms. The Morgan fingerprint density at radius 2 is 1.81 bits per heavy atom. The number of fused-ring (bicyclic) bond motifs is 1. The van der Waals surface area contributed by atoms with E-state index in [-0.39, 0.29) is 11.8 Å². The minimum atomic E-state index is -0.216. The Morgan fingerprint density at radius 1 is 1.03 bits per heavy atom. The number of halogens is 2. The molecule has 2 N–H and O–H groups in total. The zero-order valence-electron chi connectivity index (χ0n) is 17.9. The quantitative estimate of drug-likeness (QED) is 0.455. The van der Waals surface area contributed by atoms with Crippen molar-refractivity contribution < 1.29 is 9.18 Å². The van der Waals surface area contributed by atoms with Crippen molar-refractivity contribution in [1.82, 2.24) is 10.2 Å². The molecule has 0 fully saturated rings. The molecule has 1 heterocycles. The van der Waals surface area contributed by atoms with E-state index in [1.807, 2.05) is 48.5 Å². The number of anilines is 1. The van der Waals surface area contributed by atoms with Crippen molar-refractivity contribution in [2.45, 2.75) is 31.8 Å². The lowest BCUT2D eigenvalue weighted by atomic mass is 9.90. The molecule has 0 aliphatic carbocycles. The number of amides is 2. The topological polar surface area (TPSA) is 44.4 Å². The van der Waals surface area contributed by atoms with Crippen LogP contribution < -0.4 is 10.6 Å². The first-order valence-corrected chi connectivity index (χ1v) is 11.3. The molecule has 0 spiro atoms. The minimum absolute atomic E-state index is 0.197. The van der Waals surface area contributed by atoms with Gasteiger partial charge in [0.05, 0.1) is 0 Å². The van der Waals surface area contributed by atoms with Crippen molar-refractivity contribution >= 4 is 23.3 Å². The van der Waals surface area contributed by atoms with Crippen LogP contribution in [0.2, 0.25) is 5.02 Å². The van der Waals surface area contributed by atoms with Gasteiger partial charge in [-0.3, -0.25) is 4.90 Å². The lowest BCUT2D eigenvalue weighted by molar-refractivity contribution is 0.168.